The molecule has 2 rings (SSSR count). The van der Waals surface area contributed by atoms with Gasteiger partial charge in [-0.3, -0.25) is 0 Å². The maximum absolute atomic E-state index is 3.91. The van der Waals surface area contributed by atoms with Gasteiger partial charge in [0, 0.05) is 13.1 Å². The maximum atomic E-state index is 3.91. The molecule has 56 valence electrons. The van der Waals surface area contributed by atoms with Gasteiger partial charge in [-0.2, -0.15) is 0 Å². The Kier molecular flexibility index (Phi) is 2.24. The van der Waals surface area contributed by atoms with Crippen LogP contribution in [0.25, 0.3) is 0 Å². The van der Waals surface area contributed by atoms with Crippen LogP contribution >= 0.6 is 12.4 Å². The third-order valence-electron chi connectivity index (χ3n) is 1.51. The van der Waals surface area contributed by atoms with Crippen molar-refractivity contribution < 1.29 is 0 Å². The highest BCUT2D eigenvalue weighted by Crippen LogP contribution is 1.97. The molecule has 10 heavy (non-hydrogen) atoms. The van der Waals surface area contributed by atoms with Crippen molar-refractivity contribution >= 4 is 12.4 Å². The van der Waals surface area contributed by atoms with Crippen LogP contribution < -0.4 is 5.32 Å². The molecule has 1 aromatic heterocycles. The number of rotatable bonds is 0. The van der Waals surface area contributed by atoms with Crippen molar-refractivity contribution in [1.29, 1.82) is 0 Å². The van der Waals surface area contributed by atoms with Crippen LogP contribution in [-0.2, 0) is 13.1 Å². The fourth-order valence-electron chi connectivity index (χ4n) is 1.00. The van der Waals surface area contributed by atoms with E-state index < -0.39 is 0 Å². The van der Waals surface area contributed by atoms with Gasteiger partial charge in [-0.1, -0.05) is 0 Å². The minimum absolute atomic E-state index is 0. The van der Waals surface area contributed by atoms with E-state index >= 15 is 0 Å². The molecule has 0 unspecified atom stereocenters. The molecule has 1 N–H and O–H groups in total. The first-order valence-electron chi connectivity index (χ1n) is 3.04. The molecule has 0 atom stereocenters. The van der Waals surface area contributed by atoms with E-state index in [2.05, 4.69) is 20.1 Å². The third-order valence-corrected chi connectivity index (χ3v) is 1.51. The summed E-state index contributed by atoms with van der Waals surface area (Å²) in [6.45, 7) is 2.90. The van der Waals surface area contributed by atoms with Crippen LogP contribution in [0.15, 0.2) is 6.33 Å². The summed E-state index contributed by atoms with van der Waals surface area (Å²) >= 11 is 0. The average Bonchev–Trinajstić information content (AvgIpc) is 2.33. The average molecular weight is 161 g/mol. The Morgan fingerprint density at radius 1 is 1.60 bits per heavy atom. The highest BCUT2D eigenvalue weighted by Gasteiger charge is 2.06. The van der Waals surface area contributed by atoms with Gasteiger partial charge in [-0.25, -0.2) is 0 Å². The molecule has 0 amide bonds. The highest BCUT2D eigenvalue weighted by atomic mass is 35.5. The van der Waals surface area contributed by atoms with E-state index in [1.54, 1.807) is 6.33 Å². The normalized spacial score (nSPS) is 15.6. The Balaban J connectivity index is 0.000000500. The number of halogens is 1. The van der Waals surface area contributed by atoms with Gasteiger partial charge < -0.3 is 9.88 Å². The topological polar surface area (TPSA) is 42.7 Å². The fraction of sp³-hybridized carbons (Fsp3) is 0.600. The molecule has 0 aromatic carbocycles. The zero-order valence-corrected chi connectivity index (χ0v) is 6.27. The first-order chi connectivity index (χ1) is 4.47. The number of aromatic nitrogens is 3. The number of nitrogens with one attached hydrogen (secondary N) is 1. The summed E-state index contributed by atoms with van der Waals surface area (Å²) in [6.07, 6.45) is 1.77. The minimum Gasteiger partial charge on any atom is -0.315 e. The summed E-state index contributed by atoms with van der Waals surface area (Å²) in [6, 6.07) is 0. The van der Waals surface area contributed by atoms with Gasteiger partial charge in [0.05, 0.1) is 6.54 Å². The summed E-state index contributed by atoms with van der Waals surface area (Å²) in [4.78, 5) is 0. The predicted octanol–water partition coefficient (Wildman–Crippen LogP) is -0.197. The van der Waals surface area contributed by atoms with Crippen molar-refractivity contribution in [1.82, 2.24) is 20.1 Å². The van der Waals surface area contributed by atoms with E-state index in [-0.39, 0.29) is 12.4 Å². The molecule has 0 saturated carbocycles. The minimum atomic E-state index is 0. The second kappa shape index (κ2) is 2.98. The summed E-state index contributed by atoms with van der Waals surface area (Å²) in [5.41, 5.74) is 0. The summed E-state index contributed by atoms with van der Waals surface area (Å²) in [5, 5.41) is 10.9. The van der Waals surface area contributed by atoms with Crippen LogP contribution in [0, 0.1) is 0 Å². The molecule has 0 saturated heterocycles. The lowest BCUT2D eigenvalue weighted by molar-refractivity contribution is 0.505. The van der Waals surface area contributed by atoms with Crippen molar-refractivity contribution in [3.63, 3.8) is 0 Å². The maximum Gasteiger partial charge on any atom is 0.146 e. The first kappa shape index (κ1) is 7.50. The molecule has 0 aliphatic carbocycles. The van der Waals surface area contributed by atoms with Gasteiger partial charge in [0.2, 0.25) is 0 Å². The van der Waals surface area contributed by atoms with Gasteiger partial charge in [0.1, 0.15) is 12.2 Å². The molecule has 2 heterocycles. The van der Waals surface area contributed by atoms with Crippen molar-refractivity contribution in [3.8, 4) is 0 Å². The second-order valence-corrected chi connectivity index (χ2v) is 2.12. The number of nitrogens with zero attached hydrogens (tertiary/aromatic N) is 3. The summed E-state index contributed by atoms with van der Waals surface area (Å²) < 4.78 is 2.07. The Bertz CT molecular complexity index is 189. The number of hydrogen-bond acceptors (Lipinski definition) is 3. The Hall–Kier alpha value is -0.610. The fourth-order valence-corrected chi connectivity index (χ4v) is 1.00. The third kappa shape index (κ3) is 1.12. The van der Waals surface area contributed by atoms with E-state index in [0.29, 0.717) is 0 Å². The lowest BCUT2D eigenvalue weighted by Crippen LogP contribution is -2.27. The van der Waals surface area contributed by atoms with E-state index in [4.69, 9.17) is 0 Å². The van der Waals surface area contributed by atoms with Crippen LogP contribution in [0.5, 0.6) is 0 Å². The largest absolute Gasteiger partial charge is 0.315 e. The Morgan fingerprint density at radius 3 is 3.30 bits per heavy atom. The summed E-state index contributed by atoms with van der Waals surface area (Å²) in [7, 11) is 0. The lowest BCUT2D eigenvalue weighted by Gasteiger charge is -2.12. The highest BCUT2D eigenvalue weighted by molar-refractivity contribution is 5.85. The number of hydrogen-bond donors (Lipinski definition) is 1. The molecular formula is C5H9ClN4. The SMILES string of the molecule is Cl.c1nnc2n1CCNC2. The van der Waals surface area contributed by atoms with E-state index in [1.807, 2.05) is 0 Å². The molecule has 1 aliphatic rings. The van der Waals surface area contributed by atoms with Crippen LogP contribution in [0.4, 0.5) is 0 Å². The molecule has 4 nitrogen and oxygen atoms in total. The van der Waals surface area contributed by atoms with Crippen LogP contribution in [0.3, 0.4) is 0 Å². The van der Waals surface area contributed by atoms with Gasteiger partial charge in [0.25, 0.3) is 0 Å². The Labute approximate surface area is 65.1 Å². The van der Waals surface area contributed by atoms with Crippen LogP contribution in [0.2, 0.25) is 0 Å². The zero-order valence-electron chi connectivity index (χ0n) is 5.45. The molecule has 0 spiro atoms. The van der Waals surface area contributed by atoms with E-state index in [1.165, 1.54) is 0 Å². The van der Waals surface area contributed by atoms with E-state index in [0.717, 1.165) is 25.5 Å². The Morgan fingerprint density at radius 2 is 2.50 bits per heavy atom. The molecule has 0 bridgehead atoms. The van der Waals surface area contributed by atoms with Gasteiger partial charge >= 0.3 is 0 Å². The number of fused-ring (bicyclic) bond motifs is 1. The molecule has 0 fully saturated rings. The van der Waals surface area contributed by atoms with Gasteiger partial charge in [-0.15, -0.1) is 22.6 Å². The molecule has 1 aromatic rings. The second-order valence-electron chi connectivity index (χ2n) is 2.12. The lowest BCUT2D eigenvalue weighted by atomic mass is 10.4. The van der Waals surface area contributed by atoms with Gasteiger partial charge in [-0.05, 0) is 0 Å². The molecule has 1 aliphatic heterocycles. The molecular weight excluding hydrogens is 152 g/mol. The zero-order chi connectivity index (χ0) is 6.10. The van der Waals surface area contributed by atoms with E-state index in [9.17, 15) is 0 Å². The van der Waals surface area contributed by atoms with Crippen molar-refractivity contribution in [3.05, 3.63) is 12.2 Å². The molecule has 5 heteroatoms. The van der Waals surface area contributed by atoms with Crippen LogP contribution in [0.1, 0.15) is 5.82 Å². The summed E-state index contributed by atoms with van der Waals surface area (Å²) in [5.74, 6) is 1.04. The smallest absolute Gasteiger partial charge is 0.146 e. The quantitative estimate of drug-likeness (QED) is 0.572. The predicted molar refractivity (Wildman–Crippen MR) is 39.0 cm³/mol. The molecule has 0 radical (unpaired) electrons. The first-order valence-corrected chi connectivity index (χ1v) is 3.04. The van der Waals surface area contributed by atoms with Crippen molar-refractivity contribution in [2.75, 3.05) is 6.54 Å². The van der Waals surface area contributed by atoms with Crippen LogP contribution in [-0.4, -0.2) is 21.3 Å². The standard InChI is InChI=1S/C5H8N4.ClH/c1-2-9-4-7-8-5(9)3-6-1;/h4,6H,1-3H2;1H. The monoisotopic (exact) mass is 160 g/mol. The van der Waals surface area contributed by atoms with Gasteiger partial charge in [0.15, 0.2) is 0 Å². The van der Waals surface area contributed by atoms with Crippen molar-refractivity contribution in [2.45, 2.75) is 13.1 Å². The van der Waals surface area contributed by atoms with Crippen molar-refractivity contribution in [2.24, 2.45) is 0 Å².